The Kier molecular flexibility index (Phi) is 5.24. The van der Waals surface area contributed by atoms with Crippen LogP contribution in [0.5, 0.6) is 0 Å². The van der Waals surface area contributed by atoms with E-state index in [4.69, 9.17) is 4.74 Å². The van der Waals surface area contributed by atoms with Gasteiger partial charge in [-0.15, -0.1) is 0 Å². The number of carbonyl (C=O) groups is 1. The summed E-state index contributed by atoms with van der Waals surface area (Å²) >= 11 is 0. The van der Waals surface area contributed by atoms with Crippen LogP contribution in [-0.4, -0.2) is 38.9 Å². The lowest BCUT2D eigenvalue weighted by Crippen LogP contribution is -2.39. The molecule has 1 aromatic rings. The van der Waals surface area contributed by atoms with Gasteiger partial charge < -0.3 is 20.3 Å². The molecular formula is C15H23N3O2. The van der Waals surface area contributed by atoms with Crippen molar-refractivity contribution < 1.29 is 9.53 Å². The number of nitrogens with one attached hydrogen (secondary N) is 2. The lowest BCUT2D eigenvalue weighted by molar-refractivity contribution is 0.0893. The van der Waals surface area contributed by atoms with Crippen molar-refractivity contribution >= 4 is 17.4 Å². The monoisotopic (exact) mass is 277 g/mol. The fraction of sp³-hybridized carbons (Fsp3) is 0.533. The lowest BCUT2D eigenvalue weighted by Gasteiger charge is -2.33. The molecule has 1 heterocycles. The second-order valence-corrected chi connectivity index (χ2v) is 4.98. The van der Waals surface area contributed by atoms with Gasteiger partial charge in [-0.2, -0.15) is 0 Å². The summed E-state index contributed by atoms with van der Waals surface area (Å²) < 4.78 is 5.44. The highest BCUT2D eigenvalue weighted by Crippen LogP contribution is 2.22. The highest BCUT2D eigenvalue weighted by molar-refractivity contribution is 5.89. The summed E-state index contributed by atoms with van der Waals surface area (Å²) in [6.45, 7) is 4.50. The molecule has 2 amide bonds. The standard InChI is InChI=1S/C15H23N3O2/c1-3-16-15(19)17-12-6-8-13(9-7-12)18-10-4-5-14(11-18)20-2/h6-9,14H,3-5,10-11H2,1-2H3,(H2,16,17,19)/t14-/m1/s1. The molecule has 0 radical (unpaired) electrons. The predicted octanol–water partition coefficient (Wildman–Crippen LogP) is 2.44. The van der Waals surface area contributed by atoms with Gasteiger partial charge >= 0.3 is 6.03 Å². The third-order valence-electron chi connectivity index (χ3n) is 3.54. The Bertz CT molecular complexity index is 433. The largest absolute Gasteiger partial charge is 0.380 e. The maximum atomic E-state index is 11.4. The molecule has 1 aliphatic rings. The van der Waals surface area contributed by atoms with Crippen molar-refractivity contribution in [2.24, 2.45) is 0 Å². The highest BCUT2D eigenvalue weighted by atomic mass is 16.5. The van der Waals surface area contributed by atoms with Crippen molar-refractivity contribution in [2.75, 3.05) is 37.0 Å². The number of carbonyl (C=O) groups excluding carboxylic acids is 1. The van der Waals surface area contributed by atoms with E-state index in [1.54, 1.807) is 7.11 Å². The van der Waals surface area contributed by atoms with Crippen LogP contribution in [0.3, 0.4) is 0 Å². The molecule has 0 saturated carbocycles. The van der Waals surface area contributed by atoms with Crippen LogP contribution >= 0.6 is 0 Å². The van der Waals surface area contributed by atoms with Gasteiger partial charge in [0.25, 0.3) is 0 Å². The molecule has 0 aromatic heterocycles. The summed E-state index contributed by atoms with van der Waals surface area (Å²) in [5.74, 6) is 0. The van der Waals surface area contributed by atoms with Gasteiger partial charge in [0.1, 0.15) is 0 Å². The third kappa shape index (κ3) is 3.87. The molecule has 0 bridgehead atoms. The van der Waals surface area contributed by atoms with E-state index in [-0.39, 0.29) is 6.03 Å². The van der Waals surface area contributed by atoms with Crippen molar-refractivity contribution in [1.82, 2.24) is 5.32 Å². The molecule has 20 heavy (non-hydrogen) atoms. The van der Waals surface area contributed by atoms with Gasteiger partial charge in [-0.25, -0.2) is 4.79 Å². The van der Waals surface area contributed by atoms with Crippen LogP contribution in [0.15, 0.2) is 24.3 Å². The summed E-state index contributed by atoms with van der Waals surface area (Å²) in [6.07, 6.45) is 2.60. The Balaban J connectivity index is 1.95. The van der Waals surface area contributed by atoms with Gasteiger partial charge in [0.15, 0.2) is 0 Å². The van der Waals surface area contributed by atoms with Crippen molar-refractivity contribution in [3.05, 3.63) is 24.3 Å². The first kappa shape index (κ1) is 14.7. The molecule has 5 nitrogen and oxygen atoms in total. The fourth-order valence-corrected chi connectivity index (χ4v) is 2.46. The molecule has 0 aliphatic carbocycles. The average molecular weight is 277 g/mol. The van der Waals surface area contributed by atoms with E-state index in [2.05, 4.69) is 15.5 Å². The second kappa shape index (κ2) is 7.14. The van der Waals surface area contributed by atoms with Gasteiger partial charge in [0, 0.05) is 38.1 Å². The molecule has 2 N–H and O–H groups in total. The summed E-state index contributed by atoms with van der Waals surface area (Å²) in [6, 6.07) is 7.78. The lowest BCUT2D eigenvalue weighted by atomic mass is 10.1. The normalized spacial score (nSPS) is 18.7. The second-order valence-electron chi connectivity index (χ2n) is 4.98. The molecular weight excluding hydrogens is 254 g/mol. The number of hydrogen-bond donors (Lipinski definition) is 2. The van der Waals surface area contributed by atoms with Gasteiger partial charge in [0.05, 0.1) is 6.10 Å². The number of urea groups is 1. The van der Waals surface area contributed by atoms with Crippen LogP contribution in [0.4, 0.5) is 16.2 Å². The topological polar surface area (TPSA) is 53.6 Å². The van der Waals surface area contributed by atoms with E-state index in [1.165, 1.54) is 5.69 Å². The Morgan fingerprint density at radius 3 is 2.80 bits per heavy atom. The summed E-state index contributed by atoms with van der Waals surface area (Å²) in [4.78, 5) is 13.8. The Labute approximate surface area is 120 Å². The molecule has 1 fully saturated rings. The maximum Gasteiger partial charge on any atom is 0.319 e. The van der Waals surface area contributed by atoms with Gasteiger partial charge in [-0.1, -0.05) is 0 Å². The van der Waals surface area contributed by atoms with E-state index in [0.717, 1.165) is 31.6 Å². The first-order chi connectivity index (χ1) is 9.72. The first-order valence-electron chi connectivity index (χ1n) is 7.15. The zero-order valence-electron chi connectivity index (χ0n) is 12.2. The number of amides is 2. The van der Waals surface area contributed by atoms with Gasteiger partial charge in [-0.05, 0) is 44.0 Å². The van der Waals surface area contributed by atoms with Gasteiger partial charge in [-0.3, -0.25) is 0 Å². The fourth-order valence-electron chi connectivity index (χ4n) is 2.46. The van der Waals surface area contributed by atoms with Crippen LogP contribution in [-0.2, 0) is 4.74 Å². The zero-order chi connectivity index (χ0) is 14.4. The molecule has 5 heteroatoms. The summed E-state index contributed by atoms with van der Waals surface area (Å²) in [5.41, 5.74) is 1.98. The predicted molar refractivity (Wildman–Crippen MR) is 81.4 cm³/mol. The van der Waals surface area contributed by atoms with Crippen molar-refractivity contribution in [3.8, 4) is 0 Å². The zero-order valence-corrected chi connectivity index (χ0v) is 12.2. The number of anilines is 2. The number of benzene rings is 1. The van der Waals surface area contributed by atoms with Crippen molar-refractivity contribution in [1.29, 1.82) is 0 Å². The van der Waals surface area contributed by atoms with Crippen molar-refractivity contribution in [2.45, 2.75) is 25.9 Å². The van der Waals surface area contributed by atoms with Crippen LogP contribution < -0.4 is 15.5 Å². The molecule has 0 unspecified atom stereocenters. The number of nitrogens with zero attached hydrogens (tertiary/aromatic N) is 1. The maximum absolute atomic E-state index is 11.4. The SMILES string of the molecule is CCNC(=O)Nc1ccc(N2CCC[C@@H](OC)C2)cc1. The Hall–Kier alpha value is -1.75. The molecule has 2 rings (SSSR count). The molecule has 1 aromatic carbocycles. The van der Waals surface area contributed by atoms with Gasteiger partial charge in [0.2, 0.25) is 0 Å². The van der Waals surface area contributed by atoms with E-state index >= 15 is 0 Å². The molecule has 1 saturated heterocycles. The number of rotatable bonds is 4. The minimum absolute atomic E-state index is 0.169. The van der Waals surface area contributed by atoms with Crippen LogP contribution in [0.2, 0.25) is 0 Å². The Morgan fingerprint density at radius 1 is 1.40 bits per heavy atom. The first-order valence-corrected chi connectivity index (χ1v) is 7.15. The number of methoxy groups -OCH3 is 1. The van der Waals surface area contributed by atoms with E-state index in [1.807, 2.05) is 31.2 Å². The third-order valence-corrected chi connectivity index (χ3v) is 3.54. The van der Waals surface area contributed by atoms with Crippen molar-refractivity contribution in [3.63, 3.8) is 0 Å². The van der Waals surface area contributed by atoms with E-state index in [9.17, 15) is 4.79 Å². The van der Waals surface area contributed by atoms with Crippen LogP contribution in [0, 0.1) is 0 Å². The average Bonchev–Trinajstić information content (AvgIpc) is 2.48. The molecule has 1 atom stereocenters. The van der Waals surface area contributed by atoms with E-state index < -0.39 is 0 Å². The minimum atomic E-state index is -0.169. The molecule has 110 valence electrons. The highest BCUT2D eigenvalue weighted by Gasteiger charge is 2.19. The smallest absolute Gasteiger partial charge is 0.319 e. The Morgan fingerprint density at radius 2 is 2.15 bits per heavy atom. The minimum Gasteiger partial charge on any atom is -0.380 e. The van der Waals surface area contributed by atoms with E-state index in [0.29, 0.717) is 12.6 Å². The van der Waals surface area contributed by atoms with Crippen LogP contribution in [0.1, 0.15) is 19.8 Å². The van der Waals surface area contributed by atoms with Crippen LogP contribution in [0.25, 0.3) is 0 Å². The number of piperidine rings is 1. The quantitative estimate of drug-likeness (QED) is 0.889. The summed E-state index contributed by atoms with van der Waals surface area (Å²) in [7, 11) is 1.77. The number of ether oxygens (including phenoxy) is 1. The number of hydrogen-bond acceptors (Lipinski definition) is 3. The molecule has 1 aliphatic heterocycles. The molecule has 0 spiro atoms. The summed E-state index contributed by atoms with van der Waals surface area (Å²) in [5, 5.41) is 5.51.